The van der Waals surface area contributed by atoms with E-state index in [9.17, 15) is 15.0 Å². The van der Waals surface area contributed by atoms with Gasteiger partial charge in [-0.2, -0.15) is 11.3 Å². The second-order valence-electron chi connectivity index (χ2n) is 5.74. The summed E-state index contributed by atoms with van der Waals surface area (Å²) in [4.78, 5) is 11.4. The van der Waals surface area contributed by atoms with E-state index in [-0.39, 0.29) is 13.0 Å². The van der Waals surface area contributed by atoms with Crippen LogP contribution in [0.25, 0.3) is 0 Å². The Balaban J connectivity index is 2.35. The smallest absolute Gasteiger partial charge is 0.407 e. The molecule has 0 radical (unpaired) electrons. The molecule has 1 aromatic rings. The van der Waals surface area contributed by atoms with Gasteiger partial charge in [0.1, 0.15) is 11.7 Å². The first-order valence-electron chi connectivity index (χ1n) is 6.56. The van der Waals surface area contributed by atoms with Crippen LogP contribution in [0.2, 0.25) is 0 Å². The maximum absolute atomic E-state index is 11.4. The molecule has 0 saturated carbocycles. The summed E-state index contributed by atoms with van der Waals surface area (Å²) in [5.74, 6) is 0. The molecule has 1 rings (SSSR count). The molecule has 3 N–H and O–H groups in total. The lowest BCUT2D eigenvalue weighted by molar-refractivity contribution is 0.0122. The van der Waals surface area contributed by atoms with Crippen molar-refractivity contribution in [3.8, 4) is 0 Å². The summed E-state index contributed by atoms with van der Waals surface area (Å²) in [6, 6.07) is 0. The van der Waals surface area contributed by atoms with Gasteiger partial charge in [0.15, 0.2) is 0 Å². The molecule has 0 bridgehead atoms. The van der Waals surface area contributed by atoms with Gasteiger partial charge in [0.2, 0.25) is 0 Å². The standard InChI is InChI=1S/C14H23NO4S/c1-9-7-20-8-10(9)12(17)11(16)5-6-15-13(18)19-14(2,3)4/h7-8,11-12,16-17H,5-6H2,1-4H3,(H,15,18). The number of hydrogen-bond donors (Lipinski definition) is 3. The topological polar surface area (TPSA) is 78.8 Å². The highest BCUT2D eigenvalue weighted by Crippen LogP contribution is 2.25. The van der Waals surface area contributed by atoms with E-state index in [1.54, 1.807) is 20.8 Å². The number of aliphatic hydroxyl groups excluding tert-OH is 2. The van der Waals surface area contributed by atoms with E-state index in [1.165, 1.54) is 11.3 Å². The van der Waals surface area contributed by atoms with Crippen LogP contribution in [-0.2, 0) is 4.74 Å². The fraction of sp³-hybridized carbons (Fsp3) is 0.643. The van der Waals surface area contributed by atoms with Gasteiger partial charge in [0.05, 0.1) is 6.10 Å². The number of ether oxygens (including phenoxy) is 1. The van der Waals surface area contributed by atoms with E-state index in [2.05, 4.69) is 5.32 Å². The largest absolute Gasteiger partial charge is 0.444 e. The number of aliphatic hydroxyl groups is 2. The van der Waals surface area contributed by atoms with Crippen LogP contribution in [0.4, 0.5) is 4.79 Å². The van der Waals surface area contributed by atoms with Gasteiger partial charge < -0.3 is 20.3 Å². The second-order valence-corrected chi connectivity index (χ2v) is 6.48. The SMILES string of the molecule is Cc1cscc1C(O)C(O)CCNC(=O)OC(C)(C)C. The number of rotatable bonds is 5. The van der Waals surface area contributed by atoms with Crippen molar-refractivity contribution in [2.45, 2.75) is 51.9 Å². The van der Waals surface area contributed by atoms with Crippen LogP contribution in [-0.4, -0.2) is 34.6 Å². The summed E-state index contributed by atoms with van der Waals surface area (Å²) in [5, 5.41) is 26.2. The molecule has 114 valence electrons. The lowest BCUT2D eigenvalue weighted by Crippen LogP contribution is -2.34. The van der Waals surface area contributed by atoms with E-state index in [1.807, 2.05) is 17.7 Å². The minimum absolute atomic E-state index is 0.246. The van der Waals surface area contributed by atoms with Crippen molar-refractivity contribution in [2.75, 3.05) is 6.54 Å². The quantitative estimate of drug-likeness (QED) is 0.780. The second kappa shape index (κ2) is 7.06. The van der Waals surface area contributed by atoms with E-state index in [0.29, 0.717) is 0 Å². The number of nitrogens with one attached hydrogen (secondary N) is 1. The molecule has 6 heteroatoms. The fourth-order valence-electron chi connectivity index (χ4n) is 1.67. The zero-order valence-electron chi connectivity index (χ0n) is 12.3. The normalized spacial score (nSPS) is 14.7. The van der Waals surface area contributed by atoms with Crippen molar-refractivity contribution in [1.29, 1.82) is 0 Å². The van der Waals surface area contributed by atoms with Gasteiger partial charge in [-0.05, 0) is 56.0 Å². The fourth-order valence-corrected chi connectivity index (χ4v) is 2.55. The van der Waals surface area contributed by atoms with Gasteiger partial charge in [-0.3, -0.25) is 0 Å². The summed E-state index contributed by atoms with van der Waals surface area (Å²) in [6.45, 7) is 7.48. The van der Waals surface area contributed by atoms with Crippen LogP contribution in [0.3, 0.4) is 0 Å². The Labute approximate surface area is 123 Å². The van der Waals surface area contributed by atoms with Crippen LogP contribution in [0.15, 0.2) is 10.8 Å². The number of alkyl carbamates (subject to hydrolysis) is 1. The Morgan fingerprint density at radius 3 is 2.55 bits per heavy atom. The monoisotopic (exact) mass is 301 g/mol. The van der Waals surface area contributed by atoms with Gasteiger partial charge in [0, 0.05) is 6.54 Å². The molecule has 20 heavy (non-hydrogen) atoms. The Morgan fingerprint density at radius 1 is 1.40 bits per heavy atom. The first kappa shape index (κ1) is 16.9. The third kappa shape index (κ3) is 5.48. The first-order chi connectivity index (χ1) is 9.20. The Hall–Kier alpha value is -1.11. The van der Waals surface area contributed by atoms with Crippen molar-refractivity contribution in [3.63, 3.8) is 0 Å². The van der Waals surface area contributed by atoms with Crippen LogP contribution in [0.5, 0.6) is 0 Å². The van der Waals surface area contributed by atoms with E-state index >= 15 is 0 Å². The van der Waals surface area contributed by atoms with Crippen molar-refractivity contribution in [2.24, 2.45) is 0 Å². The van der Waals surface area contributed by atoms with Gasteiger partial charge in [-0.15, -0.1) is 0 Å². The molecular formula is C14H23NO4S. The molecule has 0 aliphatic carbocycles. The molecule has 1 aromatic heterocycles. The van der Waals surface area contributed by atoms with Gasteiger partial charge in [-0.1, -0.05) is 0 Å². The predicted molar refractivity (Wildman–Crippen MR) is 78.9 cm³/mol. The third-order valence-electron chi connectivity index (χ3n) is 2.69. The molecule has 0 fully saturated rings. The van der Waals surface area contributed by atoms with Gasteiger partial charge >= 0.3 is 6.09 Å². The van der Waals surface area contributed by atoms with Crippen molar-refractivity contribution >= 4 is 17.4 Å². The lowest BCUT2D eigenvalue weighted by atomic mass is 10.0. The van der Waals surface area contributed by atoms with Crippen LogP contribution in [0, 0.1) is 6.92 Å². The maximum atomic E-state index is 11.4. The number of aryl methyl sites for hydroxylation is 1. The molecule has 0 spiro atoms. The average molecular weight is 301 g/mol. The summed E-state index contributed by atoms with van der Waals surface area (Å²) < 4.78 is 5.08. The molecule has 1 heterocycles. The molecule has 1 amide bonds. The summed E-state index contributed by atoms with van der Waals surface area (Å²) in [6.07, 6.45) is -2.11. The Bertz CT molecular complexity index is 439. The average Bonchev–Trinajstić information content (AvgIpc) is 2.71. The van der Waals surface area contributed by atoms with Crippen LogP contribution in [0.1, 0.15) is 44.4 Å². The number of thiophene rings is 1. The Kier molecular flexibility index (Phi) is 5.98. The van der Waals surface area contributed by atoms with Gasteiger partial charge in [0.25, 0.3) is 0 Å². The number of hydrogen-bond acceptors (Lipinski definition) is 5. The number of amides is 1. The van der Waals surface area contributed by atoms with Crippen LogP contribution >= 0.6 is 11.3 Å². The maximum Gasteiger partial charge on any atom is 0.407 e. The molecule has 0 aromatic carbocycles. The first-order valence-corrected chi connectivity index (χ1v) is 7.50. The summed E-state index contributed by atoms with van der Waals surface area (Å²) in [5.41, 5.74) is 1.15. The molecule has 2 unspecified atom stereocenters. The number of carbonyl (C=O) groups excluding carboxylic acids is 1. The highest BCUT2D eigenvalue weighted by Gasteiger charge is 2.21. The van der Waals surface area contributed by atoms with E-state index in [4.69, 9.17) is 4.74 Å². The molecule has 5 nitrogen and oxygen atoms in total. The van der Waals surface area contributed by atoms with Gasteiger partial charge in [-0.25, -0.2) is 4.79 Å². The molecule has 0 aliphatic rings. The highest BCUT2D eigenvalue weighted by molar-refractivity contribution is 7.08. The summed E-state index contributed by atoms with van der Waals surface area (Å²) >= 11 is 1.49. The van der Waals surface area contributed by atoms with Crippen molar-refractivity contribution < 1.29 is 19.7 Å². The number of carbonyl (C=O) groups is 1. The zero-order chi connectivity index (χ0) is 15.3. The zero-order valence-corrected chi connectivity index (χ0v) is 13.2. The highest BCUT2D eigenvalue weighted by atomic mass is 32.1. The minimum atomic E-state index is -0.929. The predicted octanol–water partition coefficient (Wildman–Crippen LogP) is 2.37. The third-order valence-corrected chi connectivity index (χ3v) is 3.57. The van der Waals surface area contributed by atoms with E-state index in [0.717, 1.165) is 11.1 Å². The molecular weight excluding hydrogens is 278 g/mol. The minimum Gasteiger partial charge on any atom is -0.444 e. The molecule has 2 atom stereocenters. The van der Waals surface area contributed by atoms with E-state index < -0.39 is 23.9 Å². The van der Waals surface area contributed by atoms with Crippen LogP contribution < -0.4 is 5.32 Å². The summed E-state index contributed by atoms with van der Waals surface area (Å²) in [7, 11) is 0. The van der Waals surface area contributed by atoms with Crippen molar-refractivity contribution in [1.82, 2.24) is 5.32 Å². The molecule has 0 saturated heterocycles. The molecule has 0 aliphatic heterocycles. The Morgan fingerprint density at radius 2 is 2.05 bits per heavy atom. The lowest BCUT2D eigenvalue weighted by Gasteiger charge is -2.21. The van der Waals surface area contributed by atoms with Crippen molar-refractivity contribution in [3.05, 3.63) is 21.9 Å².